The molecule has 0 aliphatic rings. The fourth-order valence-electron chi connectivity index (χ4n) is 4.81. The average Bonchev–Trinajstić information content (AvgIpc) is 3.52. The smallest absolute Gasteiger partial charge is 0.332 e. The number of nitrogens with zero attached hydrogens (tertiary/aromatic N) is 3. The van der Waals surface area contributed by atoms with Crippen molar-refractivity contribution in [2.45, 2.75) is 26.4 Å². The quantitative estimate of drug-likeness (QED) is 0.285. The summed E-state index contributed by atoms with van der Waals surface area (Å²) in [6, 6.07) is 26.9. The highest BCUT2D eigenvalue weighted by Crippen LogP contribution is 2.16. The van der Waals surface area contributed by atoms with Crippen molar-refractivity contribution in [3.8, 4) is 0 Å². The van der Waals surface area contributed by atoms with E-state index in [-0.39, 0.29) is 41.4 Å². The molecule has 0 saturated heterocycles. The lowest BCUT2D eigenvalue weighted by Crippen LogP contribution is -2.44. The van der Waals surface area contributed by atoms with Gasteiger partial charge in [-0.05, 0) is 61.4 Å². The Kier molecular flexibility index (Phi) is 8.24. The van der Waals surface area contributed by atoms with Crippen LogP contribution in [-0.4, -0.2) is 34.0 Å². The summed E-state index contributed by atoms with van der Waals surface area (Å²) in [7, 11) is 0. The lowest BCUT2D eigenvalue weighted by molar-refractivity contribution is -0.119. The number of benzene rings is 3. The molecule has 9 nitrogen and oxygen atoms in total. The molecular weight excluding hydrogens is 520 g/mol. The Bertz CT molecular complexity index is 1770. The van der Waals surface area contributed by atoms with Crippen molar-refractivity contribution >= 4 is 28.4 Å². The minimum absolute atomic E-state index is 0.0906. The van der Waals surface area contributed by atoms with Crippen molar-refractivity contribution in [3.63, 3.8) is 0 Å². The number of rotatable bonds is 10. The second kappa shape index (κ2) is 12.3. The molecule has 0 unspecified atom stereocenters. The van der Waals surface area contributed by atoms with Gasteiger partial charge in [0.2, 0.25) is 5.91 Å². The van der Waals surface area contributed by atoms with E-state index in [0.717, 1.165) is 10.1 Å². The fourth-order valence-corrected chi connectivity index (χ4v) is 4.81. The zero-order chi connectivity index (χ0) is 28.8. The molecule has 5 rings (SSSR count). The van der Waals surface area contributed by atoms with E-state index < -0.39 is 11.2 Å². The van der Waals surface area contributed by atoms with Gasteiger partial charge < -0.3 is 14.6 Å². The fraction of sp³-hybridized carbons (Fsp3) is 0.188. The first kappa shape index (κ1) is 27.4. The van der Waals surface area contributed by atoms with E-state index >= 15 is 0 Å². The van der Waals surface area contributed by atoms with Gasteiger partial charge in [0.1, 0.15) is 12.3 Å². The van der Waals surface area contributed by atoms with Gasteiger partial charge in [-0.1, -0.05) is 48.5 Å². The summed E-state index contributed by atoms with van der Waals surface area (Å²) < 4.78 is 7.68. The molecular formula is C32H30N4O5. The van der Waals surface area contributed by atoms with Gasteiger partial charge in [-0.25, -0.2) is 4.79 Å². The van der Waals surface area contributed by atoms with Crippen molar-refractivity contribution < 1.29 is 14.0 Å². The SMILES string of the molecule is CCN(C(=O)Cn1c(=O)n(Cc2ccco2)c(=O)c2ccc(C(=O)NCCc3ccccc3)cc21)c1ccccc1. The van der Waals surface area contributed by atoms with Gasteiger partial charge in [0.25, 0.3) is 11.5 Å². The van der Waals surface area contributed by atoms with Crippen LogP contribution >= 0.6 is 0 Å². The van der Waals surface area contributed by atoms with Crippen molar-refractivity contribution in [1.82, 2.24) is 14.5 Å². The number of likely N-dealkylation sites (N-methyl/N-ethyl adjacent to an activating group) is 1. The van der Waals surface area contributed by atoms with Crippen LogP contribution < -0.4 is 21.5 Å². The first-order chi connectivity index (χ1) is 20.0. The normalized spacial score (nSPS) is 11.0. The first-order valence-electron chi connectivity index (χ1n) is 13.4. The summed E-state index contributed by atoms with van der Waals surface area (Å²) in [5.74, 6) is -0.245. The number of furan rings is 1. The Hall–Kier alpha value is -5.18. The molecule has 3 aromatic carbocycles. The second-order valence-electron chi connectivity index (χ2n) is 9.54. The molecule has 2 heterocycles. The van der Waals surface area contributed by atoms with E-state index in [1.54, 1.807) is 23.1 Å². The summed E-state index contributed by atoms with van der Waals surface area (Å²) in [4.78, 5) is 55.3. The molecule has 208 valence electrons. The molecule has 2 amide bonds. The molecule has 41 heavy (non-hydrogen) atoms. The molecule has 1 N–H and O–H groups in total. The van der Waals surface area contributed by atoms with Crippen LogP contribution in [0.1, 0.15) is 28.6 Å². The minimum Gasteiger partial charge on any atom is -0.467 e. The maximum absolute atomic E-state index is 13.7. The highest BCUT2D eigenvalue weighted by molar-refractivity contribution is 5.98. The number of amides is 2. The Morgan fingerprint density at radius 3 is 2.29 bits per heavy atom. The molecule has 0 aliphatic heterocycles. The molecule has 0 saturated carbocycles. The molecule has 2 aromatic heterocycles. The monoisotopic (exact) mass is 550 g/mol. The third-order valence-electron chi connectivity index (χ3n) is 6.90. The number of fused-ring (bicyclic) bond motifs is 1. The largest absolute Gasteiger partial charge is 0.467 e. The van der Waals surface area contributed by atoms with Crippen molar-refractivity contribution in [1.29, 1.82) is 0 Å². The van der Waals surface area contributed by atoms with Crippen LogP contribution in [0.3, 0.4) is 0 Å². The van der Waals surface area contributed by atoms with Crippen molar-refractivity contribution in [2.75, 3.05) is 18.0 Å². The van der Waals surface area contributed by atoms with Gasteiger partial charge in [0, 0.05) is 24.3 Å². The van der Waals surface area contributed by atoms with Gasteiger partial charge in [-0.2, -0.15) is 0 Å². The summed E-state index contributed by atoms with van der Waals surface area (Å²) in [6.45, 7) is 2.24. The third-order valence-corrected chi connectivity index (χ3v) is 6.90. The highest BCUT2D eigenvalue weighted by atomic mass is 16.3. The topological polar surface area (TPSA) is 107 Å². The standard InChI is InChI=1S/C32H30N4O5/c1-2-34(25-12-7-4-8-13-25)29(37)22-35-28-20-24(30(38)33-18-17-23-10-5-3-6-11-23)15-16-27(28)31(39)36(32(35)40)21-26-14-9-19-41-26/h3-16,19-20H,2,17-18,21-22H2,1H3,(H,33,38). The third kappa shape index (κ3) is 6.04. The van der Waals surface area contributed by atoms with Gasteiger partial charge in [-0.15, -0.1) is 0 Å². The Balaban J connectivity index is 1.52. The van der Waals surface area contributed by atoms with E-state index in [2.05, 4.69) is 5.32 Å². The van der Waals surface area contributed by atoms with Crippen LogP contribution in [0.5, 0.6) is 0 Å². The minimum atomic E-state index is -0.669. The molecule has 5 aromatic rings. The van der Waals surface area contributed by atoms with Gasteiger partial charge in [0.05, 0.1) is 23.7 Å². The van der Waals surface area contributed by atoms with E-state index in [0.29, 0.717) is 31.0 Å². The highest BCUT2D eigenvalue weighted by Gasteiger charge is 2.21. The number of hydrogen-bond donors (Lipinski definition) is 1. The van der Waals surface area contributed by atoms with Crippen LogP contribution in [0.2, 0.25) is 0 Å². The maximum Gasteiger partial charge on any atom is 0.332 e. The Labute approximate surface area is 236 Å². The van der Waals surface area contributed by atoms with Crippen molar-refractivity contribution in [3.05, 3.63) is 135 Å². The van der Waals surface area contributed by atoms with Gasteiger partial charge in [0.15, 0.2) is 0 Å². The number of para-hydroxylation sites is 1. The van der Waals surface area contributed by atoms with Crippen LogP contribution in [0, 0.1) is 0 Å². The molecule has 0 spiro atoms. The van der Waals surface area contributed by atoms with Gasteiger partial charge >= 0.3 is 5.69 Å². The summed E-state index contributed by atoms with van der Waals surface area (Å²) >= 11 is 0. The molecule has 0 aliphatic carbocycles. The second-order valence-corrected chi connectivity index (χ2v) is 9.54. The number of carbonyl (C=O) groups is 2. The van der Waals surface area contributed by atoms with E-state index in [1.165, 1.54) is 23.0 Å². The summed E-state index contributed by atoms with van der Waals surface area (Å²) in [5, 5.41) is 3.11. The summed E-state index contributed by atoms with van der Waals surface area (Å²) in [6.07, 6.45) is 2.12. The van der Waals surface area contributed by atoms with E-state index in [9.17, 15) is 19.2 Å². The zero-order valence-electron chi connectivity index (χ0n) is 22.7. The van der Waals surface area contributed by atoms with Gasteiger partial charge in [-0.3, -0.25) is 23.5 Å². The molecule has 9 heteroatoms. The zero-order valence-corrected chi connectivity index (χ0v) is 22.7. The predicted octanol–water partition coefficient (Wildman–Crippen LogP) is 3.83. The molecule has 0 bridgehead atoms. The van der Waals surface area contributed by atoms with Crippen LogP contribution in [0.25, 0.3) is 10.9 Å². The van der Waals surface area contributed by atoms with Crippen LogP contribution in [-0.2, 0) is 24.3 Å². The summed E-state index contributed by atoms with van der Waals surface area (Å²) in [5.41, 5.74) is 1.08. The van der Waals surface area contributed by atoms with Crippen LogP contribution in [0.4, 0.5) is 5.69 Å². The Morgan fingerprint density at radius 1 is 0.878 bits per heavy atom. The number of nitrogens with one attached hydrogen (secondary N) is 1. The molecule has 0 radical (unpaired) electrons. The number of anilines is 1. The lowest BCUT2D eigenvalue weighted by Gasteiger charge is -2.22. The lowest BCUT2D eigenvalue weighted by atomic mass is 10.1. The average molecular weight is 551 g/mol. The van der Waals surface area contributed by atoms with Crippen LogP contribution in [0.15, 0.2) is 111 Å². The first-order valence-corrected chi connectivity index (χ1v) is 13.4. The van der Waals surface area contributed by atoms with Crippen molar-refractivity contribution in [2.24, 2.45) is 0 Å². The van der Waals surface area contributed by atoms with E-state index in [4.69, 9.17) is 4.42 Å². The number of carbonyl (C=O) groups excluding carboxylic acids is 2. The predicted molar refractivity (Wildman–Crippen MR) is 157 cm³/mol. The maximum atomic E-state index is 13.7. The molecule has 0 atom stereocenters. The van der Waals surface area contributed by atoms with E-state index in [1.807, 2.05) is 67.6 Å². The molecule has 0 fully saturated rings. The Morgan fingerprint density at radius 2 is 1.61 bits per heavy atom. The number of aromatic nitrogens is 2. The number of hydrogen-bond acceptors (Lipinski definition) is 5.